The monoisotopic (exact) mass is 195 g/mol. The average molecular weight is 195 g/mol. The van der Waals surface area contributed by atoms with Gasteiger partial charge in [-0.2, -0.15) is 0 Å². The summed E-state index contributed by atoms with van der Waals surface area (Å²) in [6, 6.07) is 0. The molecular weight excluding hydrogens is 170 g/mol. The van der Waals surface area contributed by atoms with E-state index in [0.29, 0.717) is 11.0 Å². The second-order valence-electron chi connectivity index (χ2n) is 5.90. The predicted molar refractivity (Wildman–Crippen MR) is 61.3 cm³/mol. The van der Waals surface area contributed by atoms with E-state index in [2.05, 4.69) is 33.1 Å². The molecule has 1 heteroatoms. The van der Waals surface area contributed by atoms with Gasteiger partial charge >= 0.3 is 0 Å². The lowest BCUT2D eigenvalue weighted by atomic mass is 9.61. The normalized spacial score (nSPS) is 44.6. The van der Waals surface area contributed by atoms with E-state index < -0.39 is 0 Å². The summed E-state index contributed by atoms with van der Waals surface area (Å²) < 4.78 is 0. The van der Waals surface area contributed by atoms with Gasteiger partial charge in [0.1, 0.15) is 0 Å². The molecule has 14 heavy (non-hydrogen) atoms. The molecule has 0 aromatic rings. The van der Waals surface area contributed by atoms with Gasteiger partial charge in [0.05, 0.1) is 0 Å². The van der Waals surface area contributed by atoms with Crippen LogP contribution < -0.4 is 5.32 Å². The van der Waals surface area contributed by atoms with Gasteiger partial charge in [0.2, 0.25) is 0 Å². The molecule has 2 bridgehead atoms. The number of nitrogens with one attached hydrogen (secondary N) is 1. The van der Waals surface area contributed by atoms with Gasteiger partial charge in [-0.15, -0.1) is 0 Å². The Balaban J connectivity index is 2.31. The van der Waals surface area contributed by atoms with Crippen LogP contribution in [-0.4, -0.2) is 12.6 Å². The smallest absolute Gasteiger partial charge is 0.0260 e. The second-order valence-corrected chi connectivity index (χ2v) is 5.90. The van der Waals surface area contributed by atoms with Crippen LogP contribution in [0.25, 0.3) is 0 Å². The fraction of sp³-hybridized carbons (Fsp3) is 1.00. The molecule has 0 spiro atoms. The molecule has 2 rings (SSSR count). The van der Waals surface area contributed by atoms with Crippen molar-refractivity contribution in [2.24, 2.45) is 17.3 Å². The van der Waals surface area contributed by atoms with Crippen molar-refractivity contribution in [3.8, 4) is 0 Å². The van der Waals surface area contributed by atoms with Crippen LogP contribution in [-0.2, 0) is 0 Å². The molecule has 1 nitrogen and oxygen atoms in total. The largest absolute Gasteiger partial charge is 0.313 e. The second kappa shape index (κ2) is 3.23. The van der Waals surface area contributed by atoms with Crippen LogP contribution >= 0.6 is 0 Å². The van der Waals surface area contributed by atoms with E-state index in [-0.39, 0.29) is 0 Å². The van der Waals surface area contributed by atoms with Crippen molar-refractivity contribution in [2.75, 3.05) is 7.05 Å². The highest BCUT2D eigenvalue weighted by atomic mass is 15.0. The Kier molecular flexibility index (Phi) is 2.42. The van der Waals surface area contributed by atoms with Crippen LogP contribution in [0.15, 0.2) is 0 Å². The summed E-state index contributed by atoms with van der Waals surface area (Å²) in [7, 11) is 2.18. The Morgan fingerprint density at radius 2 is 1.86 bits per heavy atom. The molecule has 1 N–H and O–H groups in total. The van der Waals surface area contributed by atoms with Gasteiger partial charge in [0.25, 0.3) is 0 Å². The quantitative estimate of drug-likeness (QED) is 0.729. The van der Waals surface area contributed by atoms with Gasteiger partial charge in [-0.05, 0) is 50.0 Å². The van der Waals surface area contributed by atoms with E-state index in [1.54, 1.807) is 0 Å². The molecule has 0 aliphatic heterocycles. The summed E-state index contributed by atoms with van der Waals surface area (Å²) in [5, 5.41) is 3.70. The van der Waals surface area contributed by atoms with Gasteiger partial charge in [-0.1, -0.05) is 27.2 Å². The van der Waals surface area contributed by atoms with Crippen LogP contribution in [0.2, 0.25) is 0 Å². The average Bonchev–Trinajstić information content (AvgIpc) is 2.68. The molecule has 3 atom stereocenters. The summed E-state index contributed by atoms with van der Waals surface area (Å²) >= 11 is 0. The van der Waals surface area contributed by atoms with Gasteiger partial charge < -0.3 is 5.32 Å². The van der Waals surface area contributed by atoms with Gasteiger partial charge in [0.15, 0.2) is 0 Å². The molecular formula is C13H25N. The molecule has 2 fully saturated rings. The zero-order valence-electron chi connectivity index (χ0n) is 10.2. The highest BCUT2D eigenvalue weighted by Crippen LogP contribution is 2.62. The SMILES string of the molecule is CCCC1(NC)C2CCC(C2)C1(C)C. The summed E-state index contributed by atoms with van der Waals surface area (Å²) in [5.41, 5.74) is 0.964. The maximum atomic E-state index is 3.70. The molecule has 0 aromatic carbocycles. The van der Waals surface area contributed by atoms with Crippen molar-refractivity contribution in [2.45, 2.75) is 58.4 Å². The first-order chi connectivity index (χ1) is 6.58. The fourth-order valence-corrected chi connectivity index (χ4v) is 4.55. The van der Waals surface area contributed by atoms with E-state index in [0.717, 1.165) is 11.8 Å². The minimum absolute atomic E-state index is 0.449. The third-order valence-electron chi connectivity index (χ3n) is 5.39. The van der Waals surface area contributed by atoms with E-state index in [4.69, 9.17) is 0 Å². The first kappa shape index (κ1) is 10.5. The summed E-state index contributed by atoms with van der Waals surface area (Å²) in [6.45, 7) is 7.30. The Labute approximate surface area is 88.7 Å². The maximum Gasteiger partial charge on any atom is 0.0260 e. The van der Waals surface area contributed by atoms with Crippen LogP contribution in [0.1, 0.15) is 52.9 Å². The van der Waals surface area contributed by atoms with Crippen LogP contribution in [0, 0.1) is 17.3 Å². The number of hydrogen-bond acceptors (Lipinski definition) is 1. The van der Waals surface area contributed by atoms with Gasteiger partial charge in [-0.25, -0.2) is 0 Å². The summed E-state index contributed by atoms with van der Waals surface area (Å²) in [4.78, 5) is 0. The topological polar surface area (TPSA) is 12.0 Å². The Hall–Kier alpha value is -0.0400. The Bertz CT molecular complexity index is 221. The number of hydrogen-bond donors (Lipinski definition) is 1. The van der Waals surface area contributed by atoms with E-state index in [1.807, 2.05) is 0 Å². The first-order valence-corrected chi connectivity index (χ1v) is 6.27. The minimum atomic E-state index is 0.449. The molecule has 2 aliphatic rings. The van der Waals surface area contributed by atoms with Crippen molar-refractivity contribution in [1.82, 2.24) is 5.32 Å². The zero-order valence-corrected chi connectivity index (χ0v) is 10.2. The standard InChI is InChI=1S/C13H25N/c1-5-8-13(14-4)11-7-6-10(9-11)12(13,2)3/h10-11,14H,5-9H2,1-4H3. The van der Waals surface area contributed by atoms with Crippen molar-refractivity contribution in [1.29, 1.82) is 0 Å². The van der Waals surface area contributed by atoms with Gasteiger partial charge in [0, 0.05) is 5.54 Å². The highest BCUT2D eigenvalue weighted by molar-refractivity contribution is 5.15. The fourth-order valence-electron chi connectivity index (χ4n) is 4.55. The molecule has 82 valence electrons. The maximum absolute atomic E-state index is 3.70. The summed E-state index contributed by atoms with van der Waals surface area (Å²) in [5.74, 6) is 1.93. The lowest BCUT2D eigenvalue weighted by molar-refractivity contribution is 0.0487. The molecule has 3 unspecified atom stereocenters. The molecule has 0 saturated heterocycles. The molecule has 0 aromatic heterocycles. The van der Waals surface area contributed by atoms with E-state index in [9.17, 15) is 0 Å². The lowest BCUT2D eigenvalue weighted by Gasteiger charge is -2.50. The molecule has 2 saturated carbocycles. The lowest BCUT2D eigenvalue weighted by Crippen LogP contribution is -2.58. The zero-order chi connectivity index (χ0) is 10.4. The third-order valence-corrected chi connectivity index (χ3v) is 5.39. The minimum Gasteiger partial charge on any atom is -0.313 e. The van der Waals surface area contributed by atoms with E-state index >= 15 is 0 Å². The molecule has 0 heterocycles. The Morgan fingerprint density at radius 1 is 1.21 bits per heavy atom. The van der Waals surface area contributed by atoms with Crippen molar-refractivity contribution >= 4 is 0 Å². The molecule has 0 amide bonds. The van der Waals surface area contributed by atoms with Crippen LogP contribution in [0.3, 0.4) is 0 Å². The van der Waals surface area contributed by atoms with Crippen LogP contribution in [0.4, 0.5) is 0 Å². The number of fused-ring (bicyclic) bond motifs is 2. The summed E-state index contributed by atoms with van der Waals surface area (Å²) in [6.07, 6.45) is 7.10. The van der Waals surface area contributed by atoms with Gasteiger partial charge in [-0.3, -0.25) is 0 Å². The molecule has 2 aliphatic carbocycles. The van der Waals surface area contributed by atoms with Crippen molar-refractivity contribution in [3.05, 3.63) is 0 Å². The molecule has 0 radical (unpaired) electrons. The van der Waals surface area contributed by atoms with Crippen LogP contribution in [0.5, 0.6) is 0 Å². The van der Waals surface area contributed by atoms with Crippen molar-refractivity contribution in [3.63, 3.8) is 0 Å². The van der Waals surface area contributed by atoms with Crippen molar-refractivity contribution < 1.29 is 0 Å². The Morgan fingerprint density at radius 3 is 2.29 bits per heavy atom. The number of rotatable bonds is 3. The highest BCUT2D eigenvalue weighted by Gasteiger charge is 2.61. The first-order valence-electron chi connectivity index (χ1n) is 6.27. The predicted octanol–water partition coefficient (Wildman–Crippen LogP) is 3.20. The third kappa shape index (κ3) is 1.05. The van der Waals surface area contributed by atoms with E-state index in [1.165, 1.54) is 32.1 Å².